The van der Waals surface area contributed by atoms with E-state index in [2.05, 4.69) is 5.32 Å². The predicted octanol–water partition coefficient (Wildman–Crippen LogP) is 3.23. The zero-order valence-electron chi connectivity index (χ0n) is 8.04. The van der Waals surface area contributed by atoms with Crippen LogP contribution < -0.4 is 5.32 Å². The number of rotatable bonds is 0. The van der Waals surface area contributed by atoms with Crippen molar-refractivity contribution < 1.29 is 17.6 Å². The Morgan fingerprint density at radius 1 is 1.31 bits per heavy atom. The van der Waals surface area contributed by atoms with Crippen LogP contribution in [0, 0.1) is 5.82 Å². The lowest BCUT2D eigenvalue weighted by Gasteiger charge is -2.29. The van der Waals surface area contributed by atoms with Crippen molar-refractivity contribution in [2.24, 2.45) is 0 Å². The van der Waals surface area contributed by atoms with Crippen molar-refractivity contribution in [3.05, 3.63) is 34.1 Å². The van der Waals surface area contributed by atoms with E-state index in [-0.39, 0.29) is 29.1 Å². The maximum absolute atomic E-state index is 13.5. The highest BCUT2D eigenvalue weighted by Gasteiger charge is 2.43. The van der Waals surface area contributed by atoms with Gasteiger partial charge in [-0.25, -0.2) is 4.39 Å². The fourth-order valence-corrected chi connectivity index (χ4v) is 2.05. The summed E-state index contributed by atoms with van der Waals surface area (Å²) in [7, 11) is 0. The lowest BCUT2D eigenvalue weighted by atomic mass is 9.93. The van der Waals surface area contributed by atoms with E-state index in [0.29, 0.717) is 0 Å². The fourth-order valence-electron chi connectivity index (χ4n) is 1.88. The summed E-state index contributed by atoms with van der Waals surface area (Å²) >= 11 is 5.53. The highest BCUT2D eigenvalue weighted by Crippen LogP contribution is 2.38. The normalized spacial score (nSPS) is 20.7. The second kappa shape index (κ2) is 3.89. The van der Waals surface area contributed by atoms with E-state index in [1.807, 2.05) is 0 Å². The topological polar surface area (TPSA) is 12.0 Å². The second-order valence-electron chi connectivity index (χ2n) is 3.61. The maximum atomic E-state index is 13.5. The molecule has 0 fully saturated rings. The first-order valence-electron chi connectivity index (χ1n) is 4.68. The van der Waals surface area contributed by atoms with Crippen LogP contribution in [0.5, 0.6) is 0 Å². The molecule has 1 atom stereocenters. The molecule has 0 saturated carbocycles. The van der Waals surface area contributed by atoms with E-state index in [1.54, 1.807) is 0 Å². The molecule has 1 nitrogen and oxygen atoms in total. The van der Waals surface area contributed by atoms with E-state index in [1.165, 1.54) is 6.07 Å². The Kier molecular flexibility index (Phi) is 2.84. The smallest absolute Gasteiger partial charge is 0.302 e. The van der Waals surface area contributed by atoms with E-state index < -0.39 is 18.0 Å². The van der Waals surface area contributed by atoms with Gasteiger partial charge < -0.3 is 5.32 Å². The van der Waals surface area contributed by atoms with Crippen molar-refractivity contribution in [2.45, 2.75) is 18.6 Å². The number of benzene rings is 1. The Labute approximate surface area is 94.4 Å². The SMILES string of the molecule is Fc1c(Cl)ccc2c1CCNC2C(F)(F)F. The van der Waals surface area contributed by atoms with Gasteiger partial charge in [-0.15, -0.1) is 0 Å². The molecule has 1 N–H and O–H groups in total. The van der Waals surface area contributed by atoms with Crippen molar-refractivity contribution >= 4 is 11.6 Å². The van der Waals surface area contributed by atoms with Crippen LogP contribution in [0.15, 0.2) is 12.1 Å². The van der Waals surface area contributed by atoms with Gasteiger partial charge >= 0.3 is 6.18 Å². The van der Waals surface area contributed by atoms with Crippen molar-refractivity contribution in [1.82, 2.24) is 5.32 Å². The highest BCUT2D eigenvalue weighted by molar-refractivity contribution is 6.30. The zero-order valence-corrected chi connectivity index (χ0v) is 8.79. The largest absolute Gasteiger partial charge is 0.407 e. The number of hydrogen-bond donors (Lipinski definition) is 1. The van der Waals surface area contributed by atoms with Gasteiger partial charge in [0, 0.05) is 6.54 Å². The molecule has 0 bridgehead atoms. The Hall–Kier alpha value is -0.810. The van der Waals surface area contributed by atoms with Crippen LogP contribution in [-0.2, 0) is 6.42 Å². The molecule has 2 rings (SSSR count). The molecule has 0 radical (unpaired) electrons. The first-order chi connectivity index (χ1) is 7.41. The van der Waals surface area contributed by atoms with Crippen molar-refractivity contribution in [3.8, 4) is 0 Å². The predicted molar refractivity (Wildman–Crippen MR) is 51.9 cm³/mol. The van der Waals surface area contributed by atoms with Crippen LogP contribution in [0.4, 0.5) is 17.6 Å². The number of halogens is 5. The van der Waals surface area contributed by atoms with Gasteiger partial charge in [0.25, 0.3) is 0 Å². The second-order valence-corrected chi connectivity index (χ2v) is 4.02. The minimum atomic E-state index is -4.42. The lowest BCUT2D eigenvalue weighted by Crippen LogP contribution is -2.39. The molecule has 0 aliphatic carbocycles. The number of fused-ring (bicyclic) bond motifs is 1. The summed E-state index contributed by atoms with van der Waals surface area (Å²) in [5.74, 6) is -0.741. The van der Waals surface area contributed by atoms with Crippen LogP contribution in [0.25, 0.3) is 0 Å². The van der Waals surface area contributed by atoms with E-state index >= 15 is 0 Å². The summed E-state index contributed by atoms with van der Waals surface area (Å²) in [6.07, 6.45) is -4.20. The Balaban J connectivity index is 2.52. The monoisotopic (exact) mass is 253 g/mol. The van der Waals surface area contributed by atoms with Gasteiger partial charge in [-0.1, -0.05) is 17.7 Å². The number of hydrogen-bond acceptors (Lipinski definition) is 1. The van der Waals surface area contributed by atoms with Gasteiger partial charge in [0.15, 0.2) is 0 Å². The molecule has 88 valence electrons. The molecule has 1 aromatic carbocycles. The van der Waals surface area contributed by atoms with Crippen LogP contribution >= 0.6 is 11.6 Å². The zero-order chi connectivity index (χ0) is 11.9. The standard InChI is InChI=1S/C10H8ClF4N/c11-7-2-1-6-5(8(7)12)3-4-16-9(6)10(13,14)15/h1-2,9,16H,3-4H2. The molecular formula is C10H8ClF4N. The molecule has 1 aliphatic rings. The third kappa shape index (κ3) is 1.89. The van der Waals surface area contributed by atoms with E-state index in [9.17, 15) is 17.6 Å². The molecule has 16 heavy (non-hydrogen) atoms. The summed E-state index contributed by atoms with van der Waals surface area (Å²) in [4.78, 5) is 0. The summed E-state index contributed by atoms with van der Waals surface area (Å²) in [6.45, 7) is 0.0917. The lowest BCUT2D eigenvalue weighted by molar-refractivity contribution is -0.158. The molecule has 1 heterocycles. The Bertz CT molecular complexity index is 416. The minimum absolute atomic E-state index is 0.0635. The van der Waals surface area contributed by atoms with E-state index in [0.717, 1.165) is 6.07 Å². The van der Waals surface area contributed by atoms with Crippen molar-refractivity contribution in [2.75, 3.05) is 6.54 Å². The first-order valence-corrected chi connectivity index (χ1v) is 5.06. The summed E-state index contributed by atoms with van der Waals surface area (Å²) in [6, 6.07) is 0.579. The van der Waals surface area contributed by atoms with Crippen LogP contribution in [-0.4, -0.2) is 12.7 Å². The molecular weight excluding hydrogens is 246 g/mol. The first kappa shape index (κ1) is 11.7. The minimum Gasteiger partial charge on any atom is -0.302 e. The van der Waals surface area contributed by atoms with Gasteiger partial charge in [-0.05, 0) is 23.6 Å². The van der Waals surface area contributed by atoms with Crippen molar-refractivity contribution in [1.29, 1.82) is 0 Å². The average Bonchev–Trinajstić information content (AvgIpc) is 2.21. The van der Waals surface area contributed by atoms with Crippen LogP contribution in [0.3, 0.4) is 0 Å². The third-order valence-corrected chi connectivity index (χ3v) is 2.89. The molecule has 6 heteroatoms. The van der Waals surface area contributed by atoms with Crippen molar-refractivity contribution in [3.63, 3.8) is 0 Å². The van der Waals surface area contributed by atoms with Gasteiger partial charge in [0.2, 0.25) is 0 Å². The highest BCUT2D eigenvalue weighted by atomic mass is 35.5. The molecule has 0 aromatic heterocycles. The fraction of sp³-hybridized carbons (Fsp3) is 0.400. The summed E-state index contributed by atoms with van der Waals surface area (Å²) < 4.78 is 51.4. The molecule has 1 unspecified atom stereocenters. The molecule has 1 aromatic rings. The van der Waals surface area contributed by atoms with E-state index in [4.69, 9.17) is 11.6 Å². The van der Waals surface area contributed by atoms with Gasteiger partial charge in [0.05, 0.1) is 5.02 Å². The Morgan fingerprint density at radius 2 is 2.00 bits per heavy atom. The number of alkyl halides is 3. The molecule has 0 saturated heterocycles. The number of nitrogens with one attached hydrogen (secondary N) is 1. The van der Waals surface area contributed by atoms with Crippen LogP contribution in [0.2, 0.25) is 5.02 Å². The quantitative estimate of drug-likeness (QED) is 0.700. The maximum Gasteiger partial charge on any atom is 0.407 e. The molecule has 0 amide bonds. The Morgan fingerprint density at radius 3 is 2.62 bits per heavy atom. The molecule has 0 spiro atoms. The average molecular weight is 254 g/mol. The van der Waals surface area contributed by atoms with Crippen LogP contribution in [0.1, 0.15) is 17.2 Å². The van der Waals surface area contributed by atoms with Gasteiger partial charge in [-0.3, -0.25) is 0 Å². The molecule has 1 aliphatic heterocycles. The summed E-state index contributed by atoms with van der Waals surface area (Å²) in [5, 5.41) is 2.19. The van der Waals surface area contributed by atoms with Gasteiger partial charge in [-0.2, -0.15) is 13.2 Å². The van der Waals surface area contributed by atoms with Gasteiger partial charge in [0.1, 0.15) is 11.9 Å². The summed E-state index contributed by atoms with van der Waals surface area (Å²) in [5.41, 5.74) is -0.00535. The third-order valence-electron chi connectivity index (χ3n) is 2.59.